The number of sulfone groups is 2. The Bertz CT molecular complexity index is 1450. The van der Waals surface area contributed by atoms with Crippen LogP contribution in [0.25, 0.3) is 0 Å². The molecule has 0 bridgehead atoms. The monoisotopic (exact) mass is 560 g/mol. The molecule has 0 aromatic heterocycles. The number of fused-ring (bicyclic) bond motifs is 1. The molecule has 2 fully saturated rings. The number of amides is 1. The van der Waals surface area contributed by atoms with Crippen molar-refractivity contribution in [1.82, 2.24) is 10.0 Å². The first-order chi connectivity index (χ1) is 16.2. The standard InChI is InChI=1S/C24H21BrN2O5S2/c25-20-14-8-7-13-19(20)22-23(33(29,30)17-9-3-1-4-10-17)24(27-21(28)15-16-26(22)27)34(31,32)18-11-5-2-6-12-18/h1-14,22-24H,15-16H2. The third-order valence-corrected chi connectivity index (χ3v) is 11.4. The van der Waals surface area contributed by atoms with Crippen LogP contribution in [0, 0.1) is 0 Å². The first-order valence-electron chi connectivity index (χ1n) is 10.7. The third-order valence-electron chi connectivity index (χ3n) is 6.29. The second-order valence-corrected chi connectivity index (χ2v) is 13.2. The number of hydrogen-bond acceptors (Lipinski definition) is 6. The maximum Gasteiger partial charge on any atom is 0.239 e. The van der Waals surface area contributed by atoms with Gasteiger partial charge < -0.3 is 0 Å². The number of hydrogen-bond donors (Lipinski definition) is 0. The summed E-state index contributed by atoms with van der Waals surface area (Å²) in [6.07, 6.45) is 0.111. The molecule has 1 amide bonds. The van der Waals surface area contributed by atoms with Gasteiger partial charge in [-0.05, 0) is 35.9 Å². The van der Waals surface area contributed by atoms with Crippen LogP contribution < -0.4 is 0 Å². The Morgan fingerprint density at radius 3 is 1.85 bits per heavy atom. The van der Waals surface area contributed by atoms with E-state index in [1.807, 2.05) is 0 Å². The maximum atomic E-state index is 14.1. The molecule has 0 saturated carbocycles. The van der Waals surface area contributed by atoms with Crippen LogP contribution in [0.4, 0.5) is 0 Å². The van der Waals surface area contributed by atoms with Crippen LogP contribution in [0.3, 0.4) is 0 Å². The fourth-order valence-corrected chi connectivity index (χ4v) is 9.92. The molecular weight excluding hydrogens is 540 g/mol. The van der Waals surface area contributed by atoms with Crippen LogP contribution in [-0.2, 0) is 24.5 Å². The fourth-order valence-electron chi connectivity index (χ4n) is 4.80. The van der Waals surface area contributed by atoms with Crippen LogP contribution in [0.5, 0.6) is 0 Å². The zero-order valence-corrected chi connectivity index (χ0v) is 21.1. The van der Waals surface area contributed by atoms with Crippen molar-refractivity contribution in [3.63, 3.8) is 0 Å². The van der Waals surface area contributed by atoms with Gasteiger partial charge in [0.1, 0.15) is 5.25 Å². The number of carbonyl (C=O) groups is 1. The molecule has 3 aromatic rings. The lowest BCUT2D eigenvalue weighted by Gasteiger charge is -2.27. The fraction of sp³-hybridized carbons (Fsp3) is 0.208. The molecule has 176 valence electrons. The molecule has 0 radical (unpaired) electrons. The molecule has 3 unspecified atom stereocenters. The molecule has 2 saturated heterocycles. The summed E-state index contributed by atoms with van der Waals surface area (Å²) in [6.45, 7) is 0.229. The first kappa shape index (κ1) is 23.2. The highest BCUT2D eigenvalue weighted by Gasteiger charge is 2.63. The number of hydrazine groups is 1. The molecule has 0 N–H and O–H groups in total. The Kier molecular flexibility index (Phi) is 5.87. The Morgan fingerprint density at radius 1 is 0.735 bits per heavy atom. The lowest BCUT2D eigenvalue weighted by atomic mass is 10.0. The van der Waals surface area contributed by atoms with E-state index in [9.17, 15) is 21.6 Å². The largest absolute Gasteiger partial charge is 0.273 e. The molecule has 2 heterocycles. The molecule has 0 spiro atoms. The number of nitrogens with zero attached hydrogens (tertiary/aromatic N) is 2. The molecule has 2 aliphatic rings. The van der Waals surface area contributed by atoms with Crippen LogP contribution in [0.1, 0.15) is 18.0 Å². The van der Waals surface area contributed by atoms with Gasteiger partial charge in [-0.25, -0.2) is 21.8 Å². The van der Waals surface area contributed by atoms with Gasteiger partial charge in [0.25, 0.3) is 0 Å². The van der Waals surface area contributed by atoms with Gasteiger partial charge in [-0.2, -0.15) is 0 Å². The average Bonchev–Trinajstić information content (AvgIpc) is 3.39. The summed E-state index contributed by atoms with van der Waals surface area (Å²) in [7, 11) is -8.45. The van der Waals surface area contributed by atoms with Crippen LogP contribution >= 0.6 is 15.9 Å². The van der Waals surface area contributed by atoms with Crippen molar-refractivity contribution in [2.45, 2.75) is 32.9 Å². The summed E-state index contributed by atoms with van der Waals surface area (Å²) in [5.41, 5.74) is 0.609. The first-order valence-corrected chi connectivity index (χ1v) is 14.5. The topological polar surface area (TPSA) is 91.8 Å². The quantitative estimate of drug-likeness (QED) is 0.473. The molecule has 34 heavy (non-hydrogen) atoms. The summed E-state index contributed by atoms with van der Waals surface area (Å²) in [4.78, 5) is 13.0. The number of benzene rings is 3. The van der Waals surface area contributed by atoms with E-state index in [-0.39, 0.29) is 22.8 Å². The highest BCUT2D eigenvalue weighted by Crippen LogP contribution is 2.49. The predicted octanol–water partition coefficient (Wildman–Crippen LogP) is 3.60. The van der Waals surface area contributed by atoms with Crippen LogP contribution in [0.2, 0.25) is 0 Å². The summed E-state index contributed by atoms with van der Waals surface area (Å²) in [5, 5.41) is -0.272. The van der Waals surface area contributed by atoms with Gasteiger partial charge in [0, 0.05) is 17.4 Å². The molecule has 10 heteroatoms. The smallest absolute Gasteiger partial charge is 0.239 e. The van der Waals surface area contributed by atoms with Gasteiger partial charge in [-0.3, -0.25) is 9.80 Å². The second kappa shape index (κ2) is 8.60. The van der Waals surface area contributed by atoms with E-state index in [2.05, 4.69) is 15.9 Å². The van der Waals surface area contributed by atoms with Crippen molar-refractivity contribution in [1.29, 1.82) is 0 Å². The maximum absolute atomic E-state index is 14.1. The third kappa shape index (κ3) is 3.60. The molecule has 0 aliphatic carbocycles. The van der Waals surface area contributed by atoms with E-state index in [4.69, 9.17) is 0 Å². The van der Waals surface area contributed by atoms with Gasteiger partial charge in [-0.15, -0.1) is 0 Å². The lowest BCUT2D eigenvalue weighted by Crippen LogP contribution is -2.47. The Balaban J connectivity index is 1.79. The molecule has 3 atom stereocenters. The zero-order valence-electron chi connectivity index (χ0n) is 17.9. The molecule has 7 nitrogen and oxygen atoms in total. The van der Waals surface area contributed by atoms with Gasteiger partial charge in [-0.1, -0.05) is 70.5 Å². The Hall–Kier alpha value is -2.53. The zero-order chi connectivity index (χ0) is 24.1. The molecule has 5 rings (SSSR count). The van der Waals surface area contributed by atoms with Crippen molar-refractivity contribution < 1.29 is 21.6 Å². The minimum atomic E-state index is -4.25. The average molecular weight is 561 g/mol. The number of carbonyl (C=O) groups excluding carboxylic acids is 1. The van der Waals surface area contributed by atoms with Crippen LogP contribution in [-0.4, -0.2) is 49.9 Å². The van der Waals surface area contributed by atoms with Gasteiger partial charge >= 0.3 is 0 Å². The van der Waals surface area contributed by atoms with Gasteiger partial charge in [0.2, 0.25) is 15.7 Å². The molecular formula is C24H21BrN2O5S2. The van der Waals surface area contributed by atoms with Crippen LogP contribution in [0.15, 0.2) is 99.2 Å². The van der Waals surface area contributed by atoms with Crippen molar-refractivity contribution in [3.8, 4) is 0 Å². The minimum absolute atomic E-state index is 0.0140. The Morgan fingerprint density at radius 2 is 1.26 bits per heavy atom. The summed E-state index contributed by atoms with van der Waals surface area (Å²) in [5.74, 6) is -0.410. The van der Waals surface area contributed by atoms with E-state index in [1.165, 1.54) is 24.3 Å². The number of rotatable bonds is 5. The van der Waals surface area contributed by atoms with Crippen molar-refractivity contribution in [2.24, 2.45) is 0 Å². The van der Waals surface area contributed by atoms with E-state index >= 15 is 0 Å². The highest BCUT2D eigenvalue weighted by atomic mass is 79.9. The minimum Gasteiger partial charge on any atom is -0.273 e. The molecule has 3 aromatic carbocycles. The van der Waals surface area contributed by atoms with E-state index < -0.39 is 42.2 Å². The van der Waals surface area contributed by atoms with E-state index in [0.29, 0.717) is 10.0 Å². The van der Waals surface area contributed by atoms with Crippen molar-refractivity contribution >= 4 is 41.5 Å². The lowest BCUT2D eigenvalue weighted by molar-refractivity contribution is -0.136. The van der Waals surface area contributed by atoms with Gasteiger partial charge in [0.05, 0.1) is 15.8 Å². The summed E-state index contributed by atoms with van der Waals surface area (Å²) >= 11 is 3.51. The summed E-state index contributed by atoms with van der Waals surface area (Å²) < 4.78 is 56.8. The second-order valence-electron chi connectivity index (χ2n) is 8.19. The summed E-state index contributed by atoms with van der Waals surface area (Å²) in [6, 6.07) is 21.8. The number of halogens is 1. The predicted molar refractivity (Wildman–Crippen MR) is 130 cm³/mol. The normalized spacial score (nSPS) is 23.3. The molecule has 2 aliphatic heterocycles. The van der Waals surface area contributed by atoms with E-state index in [0.717, 1.165) is 5.01 Å². The Labute approximate surface area is 206 Å². The van der Waals surface area contributed by atoms with E-state index in [1.54, 1.807) is 65.7 Å². The highest BCUT2D eigenvalue weighted by molar-refractivity contribution is 9.10. The van der Waals surface area contributed by atoms with Gasteiger partial charge in [0.15, 0.2) is 15.2 Å². The van der Waals surface area contributed by atoms with Crippen molar-refractivity contribution in [3.05, 3.63) is 95.0 Å². The van der Waals surface area contributed by atoms with Crippen molar-refractivity contribution in [2.75, 3.05) is 6.54 Å². The SMILES string of the molecule is O=C1CCN2C(c3ccccc3Br)C(S(=O)(=O)c3ccccc3)C(S(=O)(=O)c3ccccc3)N12.